The molecule has 2 aliphatic rings. The highest BCUT2D eigenvalue weighted by atomic mass is 32.1. The van der Waals surface area contributed by atoms with Gasteiger partial charge in [-0.3, -0.25) is 0 Å². The van der Waals surface area contributed by atoms with Crippen molar-refractivity contribution in [3.63, 3.8) is 0 Å². The van der Waals surface area contributed by atoms with Gasteiger partial charge in [0.2, 0.25) is 0 Å². The number of rotatable bonds is 1. The van der Waals surface area contributed by atoms with Gasteiger partial charge in [-0.1, -0.05) is 115 Å². The second-order valence-corrected chi connectivity index (χ2v) is 17.2. The molecule has 0 aliphatic heterocycles. The van der Waals surface area contributed by atoms with Crippen molar-refractivity contribution in [2.24, 2.45) is 0 Å². The summed E-state index contributed by atoms with van der Waals surface area (Å²) in [4.78, 5) is 0. The number of hydrogen-bond acceptors (Lipinski definition) is 2. The van der Waals surface area contributed by atoms with E-state index in [-0.39, 0.29) is 0 Å². The summed E-state index contributed by atoms with van der Waals surface area (Å²) in [7, 11) is 0. The van der Waals surface area contributed by atoms with Crippen molar-refractivity contribution in [3.8, 4) is 11.1 Å². The summed E-state index contributed by atoms with van der Waals surface area (Å²) in [5, 5.41) is 28.1. The van der Waals surface area contributed by atoms with Crippen molar-refractivity contribution in [2.75, 3.05) is 0 Å². The van der Waals surface area contributed by atoms with Crippen LogP contribution in [0.25, 0.3) is 94.6 Å². The summed E-state index contributed by atoms with van der Waals surface area (Å²) in [6, 6.07) is 46.6. The van der Waals surface area contributed by atoms with E-state index in [9.17, 15) is 0 Å². The van der Waals surface area contributed by atoms with Crippen molar-refractivity contribution in [3.05, 3.63) is 174 Å². The van der Waals surface area contributed by atoms with Gasteiger partial charge in [0, 0.05) is 30.9 Å². The highest BCUT2D eigenvalue weighted by molar-refractivity contribution is 7.38. The molecule has 0 N–H and O–H groups in total. The average molecular weight is 691 g/mol. The number of hydrogen-bond donors (Lipinski definition) is 0. The molecule has 0 spiro atoms. The van der Waals surface area contributed by atoms with Crippen LogP contribution in [0.15, 0.2) is 121 Å². The van der Waals surface area contributed by atoms with E-state index in [1.165, 1.54) is 147 Å². The summed E-state index contributed by atoms with van der Waals surface area (Å²) in [5.74, 6) is 0. The van der Waals surface area contributed by atoms with Gasteiger partial charge in [0.05, 0.1) is 9.40 Å². The van der Waals surface area contributed by atoms with Gasteiger partial charge >= 0.3 is 0 Å². The minimum Gasteiger partial charge on any atom is -0.133 e. The molecule has 12 aromatic rings. The molecule has 14 rings (SSSR count). The molecule has 2 heteroatoms. The molecule has 0 amide bonds. The van der Waals surface area contributed by atoms with Crippen LogP contribution >= 0.6 is 22.7 Å². The molecule has 0 bridgehead atoms. The quantitative estimate of drug-likeness (QED) is 0.161. The van der Waals surface area contributed by atoms with Crippen LogP contribution in [-0.2, 0) is 0 Å². The Morgan fingerprint density at radius 2 is 0.827 bits per heavy atom. The fourth-order valence-corrected chi connectivity index (χ4v) is 13.5. The third kappa shape index (κ3) is 2.88. The lowest BCUT2D eigenvalue weighted by atomic mass is 9.95. The lowest BCUT2D eigenvalue weighted by Crippen LogP contribution is -1.85. The number of aryl methyl sites for hydroxylation is 2. The van der Waals surface area contributed by atoms with Gasteiger partial charge < -0.3 is 0 Å². The number of benzene rings is 8. The van der Waals surface area contributed by atoms with Gasteiger partial charge in [0.15, 0.2) is 0 Å². The highest BCUT2D eigenvalue weighted by Gasteiger charge is 2.26. The van der Waals surface area contributed by atoms with Crippen molar-refractivity contribution in [1.29, 1.82) is 0 Å². The molecule has 0 nitrogen and oxygen atoms in total. The molecular weight excluding hydrogens is 665 g/mol. The van der Waals surface area contributed by atoms with E-state index < -0.39 is 0 Å². The van der Waals surface area contributed by atoms with Gasteiger partial charge in [-0.25, -0.2) is 0 Å². The summed E-state index contributed by atoms with van der Waals surface area (Å²) < 4.78 is 5.82. The van der Waals surface area contributed by atoms with Crippen LogP contribution in [0.5, 0.6) is 0 Å². The van der Waals surface area contributed by atoms with E-state index in [1.54, 1.807) is 0 Å². The molecule has 0 saturated carbocycles. The Morgan fingerprint density at radius 3 is 1.44 bits per heavy atom. The van der Waals surface area contributed by atoms with Crippen LogP contribution in [0.4, 0.5) is 0 Å². The first-order valence-electron chi connectivity index (χ1n) is 18.2. The topological polar surface area (TPSA) is 0 Å². The second kappa shape index (κ2) is 8.80. The van der Waals surface area contributed by atoms with Gasteiger partial charge in [-0.05, 0) is 127 Å². The van der Waals surface area contributed by atoms with E-state index in [1.807, 2.05) is 22.7 Å². The van der Waals surface area contributed by atoms with Crippen LogP contribution in [0.2, 0.25) is 0 Å². The van der Waals surface area contributed by atoms with Crippen LogP contribution in [0, 0.1) is 55.6 Å². The molecule has 238 valence electrons. The summed E-state index contributed by atoms with van der Waals surface area (Å²) in [6.07, 6.45) is 0. The third-order valence-corrected chi connectivity index (χ3v) is 15.4. The zero-order chi connectivity index (χ0) is 33.7. The Kier molecular flexibility index (Phi) is 4.56. The lowest BCUT2D eigenvalue weighted by molar-refractivity contribution is 1.30. The zero-order valence-corrected chi connectivity index (χ0v) is 30.0. The number of thiophene rings is 2. The van der Waals surface area contributed by atoms with Crippen LogP contribution in [0.3, 0.4) is 0 Å². The Bertz CT molecular complexity index is 4050. The minimum atomic E-state index is 1.27. The Morgan fingerprint density at radius 1 is 0.327 bits per heavy atom. The lowest BCUT2D eigenvalue weighted by Gasteiger charge is -2.08. The summed E-state index contributed by atoms with van der Waals surface area (Å²) in [6.45, 7) is 4.48. The average Bonchev–Trinajstić information content (AvgIpc) is 3.99. The van der Waals surface area contributed by atoms with E-state index in [4.69, 9.17) is 0 Å². The first-order valence-corrected chi connectivity index (χ1v) is 19.8. The van der Waals surface area contributed by atoms with Gasteiger partial charge in [0.1, 0.15) is 0 Å². The smallest absolute Gasteiger partial charge is 0.0549 e. The van der Waals surface area contributed by atoms with Crippen molar-refractivity contribution < 1.29 is 0 Å². The highest BCUT2D eigenvalue weighted by Crippen LogP contribution is 2.55. The summed E-state index contributed by atoms with van der Waals surface area (Å²) in [5.41, 5.74) is 5.31. The molecule has 2 aromatic heterocycles. The maximum atomic E-state index is 2.46. The molecular formula is C50H26S2. The normalized spacial score (nSPS) is 13.2. The molecule has 2 heterocycles. The second-order valence-electron chi connectivity index (χ2n) is 15.2. The summed E-state index contributed by atoms with van der Waals surface area (Å²) >= 11 is 4.05. The minimum absolute atomic E-state index is 1.27. The van der Waals surface area contributed by atoms with Gasteiger partial charge in [0.25, 0.3) is 0 Å². The molecule has 0 atom stereocenters. The fraction of sp³-hybridized carbons (Fsp3) is 0.0400. The first kappa shape index (κ1) is 26.9. The van der Waals surface area contributed by atoms with E-state index in [2.05, 4.69) is 135 Å². The standard InChI is InChI=1S/C50H26S2/c1-23-20-37-28-12-15-32-43-34(18-14-29(41(28)43)38(37)21-24(23)2)47-45(32)49-50(51-47)46-33-16-13-30-39-22-36(25-8-4-3-5-9-25)26-10-6-7-11-27(26)40(39)31-17-19-35(48(46)52-49)44(33)42(30)31/h3-22H,1-2H3. The monoisotopic (exact) mass is 690 g/mol. The van der Waals surface area contributed by atoms with Crippen LogP contribution in [-0.4, -0.2) is 0 Å². The fourth-order valence-electron chi connectivity index (χ4n) is 10.5. The molecule has 0 saturated heterocycles. The Balaban J connectivity index is 1.12. The molecule has 2 aliphatic carbocycles. The SMILES string of the molecule is Cc1cc2c(cc1C)=c1ccc3c4c1c=2ccc4c1sc2c(sc4c5ccc6c7c(ccc(c75)c42)=c2cc(-c4ccccc4)c4ccccc4c2=6)c31. The third-order valence-electron chi connectivity index (χ3n) is 12.8. The van der Waals surface area contributed by atoms with Crippen LogP contribution in [0.1, 0.15) is 11.1 Å². The molecule has 52 heavy (non-hydrogen) atoms. The van der Waals surface area contributed by atoms with Crippen molar-refractivity contribution >= 4 is 106 Å². The Hall–Kier alpha value is -5.80. The molecule has 0 radical (unpaired) electrons. The largest absolute Gasteiger partial charge is 0.133 e. The zero-order valence-electron chi connectivity index (χ0n) is 28.4. The van der Waals surface area contributed by atoms with Gasteiger partial charge in [-0.15, -0.1) is 22.7 Å². The van der Waals surface area contributed by atoms with Crippen molar-refractivity contribution in [2.45, 2.75) is 13.8 Å². The molecule has 0 fully saturated rings. The maximum Gasteiger partial charge on any atom is 0.0549 e. The maximum absolute atomic E-state index is 2.46. The predicted molar refractivity (Wildman–Crippen MR) is 223 cm³/mol. The van der Waals surface area contributed by atoms with Crippen LogP contribution < -0.4 is 0 Å². The Labute approximate surface area is 303 Å². The predicted octanol–water partition coefficient (Wildman–Crippen LogP) is 14.0. The van der Waals surface area contributed by atoms with E-state index >= 15 is 0 Å². The number of fused-ring (bicyclic) bond motifs is 13. The van der Waals surface area contributed by atoms with Gasteiger partial charge in [-0.2, -0.15) is 0 Å². The molecule has 10 aromatic carbocycles. The van der Waals surface area contributed by atoms with E-state index in [0.717, 1.165) is 0 Å². The van der Waals surface area contributed by atoms with Crippen molar-refractivity contribution in [1.82, 2.24) is 0 Å². The van der Waals surface area contributed by atoms with E-state index in [0.29, 0.717) is 0 Å². The molecule has 0 unspecified atom stereocenters. The first-order chi connectivity index (χ1) is 25.6.